The number of nitrogens with zero attached hydrogens (tertiary/aromatic N) is 5. The van der Waals surface area contributed by atoms with Crippen molar-refractivity contribution in [1.82, 2.24) is 24.5 Å². The van der Waals surface area contributed by atoms with Crippen LogP contribution in [0.2, 0.25) is 0 Å². The first kappa shape index (κ1) is 25.0. The van der Waals surface area contributed by atoms with Crippen molar-refractivity contribution >= 4 is 11.4 Å². The number of rotatable bonds is 4. The number of amides is 1. The lowest BCUT2D eigenvalue weighted by atomic mass is 9.68. The number of hydrogen-bond donors (Lipinski definition) is 2. The van der Waals surface area contributed by atoms with Crippen LogP contribution in [0, 0.1) is 5.82 Å². The van der Waals surface area contributed by atoms with Crippen LogP contribution in [0.15, 0.2) is 42.9 Å². The number of alkyl halides is 2. The highest BCUT2D eigenvalue weighted by atomic mass is 19.3. The highest BCUT2D eigenvalue weighted by molar-refractivity contribution is 5.98. The Hall–Kier alpha value is -4.03. The molecular weight excluding hydrogens is 527 g/mol. The highest BCUT2D eigenvalue weighted by Gasteiger charge is 2.53. The number of carbonyl (C=O) groups excluding carboxylic acids is 1. The number of halogens is 3. The van der Waals surface area contributed by atoms with E-state index in [4.69, 9.17) is 4.74 Å². The molecule has 3 aliphatic rings. The predicted molar refractivity (Wildman–Crippen MR) is 134 cm³/mol. The van der Waals surface area contributed by atoms with E-state index in [1.54, 1.807) is 26.1 Å². The number of aromatic nitrogens is 4. The summed E-state index contributed by atoms with van der Waals surface area (Å²) < 4.78 is 48.3. The molecule has 1 aliphatic heterocycles. The van der Waals surface area contributed by atoms with Gasteiger partial charge in [0.15, 0.2) is 5.82 Å². The van der Waals surface area contributed by atoms with E-state index in [9.17, 15) is 23.8 Å². The smallest absolute Gasteiger partial charge is 0.387 e. The van der Waals surface area contributed by atoms with Gasteiger partial charge in [-0.15, -0.1) is 0 Å². The van der Waals surface area contributed by atoms with Crippen LogP contribution < -0.4 is 4.74 Å². The highest BCUT2D eigenvalue weighted by Crippen LogP contribution is 2.54. The average molecular weight is 552 g/mol. The molecule has 2 bridgehead atoms. The predicted octanol–water partition coefficient (Wildman–Crippen LogP) is 3.93. The molecule has 1 saturated carbocycles. The van der Waals surface area contributed by atoms with Crippen molar-refractivity contribution in [2.75, 3.05) is 7.05 Å². The third-order valence-electron chi connectivity index (χ3n) is 8.29. The molecule has 40 heavy (non-hydrogen) atoms. The molecule has 2 aliphatic carbocycles. The van der Waals surface area contributed by atoms with Crippen LogP contribution in [-0.4, -0.2) is 59.9 Å². The lowest BCUT2D eigenvalue weighted by molar-refractivity contribution is -0.180. The van der Waals surface area contributed by atoms with Gasteiger partial charge >= 0.3 is 6.61 Å². The van der Waals surface area contributed by atoms with Gasteiger partial charge in [-0.2, -0.15) is 13.9 Å². The molecule has 1 aromatic carbocycles. The fraction of sp³-hybridized carbons (Fsp3) is 0.357. The molecule has 9 nitrogen and oxygen atoms in total. The number of benzene rings is 1. The number of aliphatic hydroxyl groups is 2. The first-order valence-corrected chi connectivity index (χ1v) is 12.8. The molecule has 206 valence electrons. The maximum absolute atomic E-state index is 15.4. The fourth-order valence-corrected chi connectivity index (χ4v) is 6.68. The summed E-state index contributed by atoms with van der Waals surface area (Å²) in [5.74, 6) is -1.34. The summed E-state index contributed by atoms with van der Waals surface area (Å²) in [6.07, 6.45) is 4.67. The van der Waals surface area contributed by atoms with Crippen LogP contribution in [0.3, 0.4) is 0 Å². The summed E-state index contributed by atoms with van der Waals surface area (Å²) in [5, 5.41) is 25.3. The Kier molecular flexibility index (Phi) is 5.15. The fourth-order valence-electron chi connectivity index (χ4n) is 6.68. The molecule has 1 fully saturated rings. The standard InChI is InChI=1S/C28H24F3N5O4/c1-27(38)11-28(39,12-27)25-32-8-13(9-33-25)15-6-18-22-16-7-19(23(22)34-36(18)10-17(15)29)35(2)24(37)14-4-3-5-20(21(14)16)40-26(30)31/h3-6,8-10,16,19,26,38-39H,7,11-12H2,1-2H3/t16-,19-,27?,28?/m1/s1. The number of carbonyl (C=O) groups is 1. The van der Waals surface area contributed by atoms with Gasteiger partial charge in [0.25, 0.3) is 5.91 Å². The van der Waals surface area contributed by atoms with E-state index in [2.05, 4.69) is 15.1 Å². The molecule has 12 heteroatoms. The van der Waals surface area contributed by atoms with E-state index in [0.29, 0.717) is 34.3 Å². The summed E-state index contributed by atoms with van der Waals surface area (Å²) in [6, 6.07) is 5.70. The molecule has 4 heterocycles. The summed E-state index contributed by atoms with van der Waals surface area (Å²) in [4.78, 5) is 23.3. The maximum Gasteiger partial charge on any atom is 0.387 e. The zero-order valence-corrected chi connectivity index (χ0v) is 21.5. The minimum absolute atomic E-state index is 0.0775. The number of fused-ring (bicyclic) bond motifs is 9. The summed E-state index contributed by atoms with van der Waals surface area (Å²) in [5.41, 5.74) is 0.679. The van der Waals surface area contributed by atoms with Crippen LogP contribution in [0.4, 0.5) is 13.2 Å². The van der Waals surface area contributed by atoms with Crippen LogP contribution in [0.25, 0.3) is 16.6 Å². The molecule has 0 unspecified atom stereocenters. The quantitative estimate of drug-likeness (QED) is 0.395. The topological polar surface area (TPSA) is 113 Å². The van der Waals surface area contributed by atoms with E-state index >= 15 is 4.39 Å². The Morgan fingerprint density at radius 2 is 1.85 bits per heavy atom. The van der Waals surface area contributed by atoms with Crippen molar-refractivity contribution in [3.05, 3.63) is 76.9 Å². The zero-order chi connectivity index (χ0) is 28.1. The third-order valence-corrected chi connectivity index (χ3v) is 8.29. The minimum atomic E-state index is -3.07. The average Bonchev–Trinajstić information content (AvgIpc) is 3.39. The Balaban J connectivity index is 1.35. The van der Waals surface area contributed by atoms with Gasteiger partial charge in [0, 0.05) is 66.0 Å². The molecule has 2 N–H and O–H groups in total. The number of ether oxygens (including phenoxy) is 1. The van der Waals surface area contributed by atoms with E-state index in [1.165, 1.54) is 40.1 Å². The van der Waals surface area contributed by atoms with Crippen molar-refractivity contribution in [2.45, 2.75) is 56.0 Å². The summed E-state index contributed by atoms with van der Waals surface area (Å²) >= 11 is 0. The minimum Gasteiger partial charge on any atom is -0.434 e. The molecule has 2 atom stereocenters. The number of hydrogen-bond acceptors (Lipinski definition) is 7. The molecular formula is C28H24F3N5O4. The van der Waals surface area contributed by atoms with Gasteiger partial charge in [-0.05, 0) is 31.5 Å². The second-order valence-electron chi connectivity index (χ2n) is 11.2. The van der Waals surface area contributed by atoms with Crippen LogP contribution in [-0.2, 0) is 5.60 Å². The first-order valence-electron chi connectivity index (χ1n) is 12.8. The van der Waals surface area contributed by atoms with Crippen molar-refractivity contribution in [3.8, 4) is 16.9 Å². The maximum atomic E-state index is 15.4. The monoisotopic (exact) mass is 551 g/mol. The van der Waals surface area contributed by atoms with E-state index in [1.807, 2.05) is 0 Å². The van der Waals surface area contributed by atoms with E-state index in [0.717, 1.165) is 0 Å². The Bertz CT molecular complexity index is 1700. The Morgan fingerprint density at radius 3 is 2.52 bits per heavy atom. The van der Waals surface area contributed by atoms with Gasteiger partial charge in [0.1, 0.15) is 17.2 Å². The van der Waals surface area contributed by atoms with Gasteiger partial charge in [-0.3, -0.25) is 4.79 Å². The zero-order valence-electron chi connectivity index (χ0n) is 21.5. The Labute approximate surface area is 225 Å². The van der Waals surface area contributed by atoms with Crippen LogP contribution >= 0.6 is 0 Å². The lowest BCUT2D eigenvalue weighted by Gasteiger charge is -2.46. The molecule has 4 aromatic rings. The Morgan fingerprint density at radius 1 is 1.12 bits per heavy atom. The van der Waals surface area contributed by atoms with Crippen molar-refractivity contribution in [2.24, 2.45) is 0 Å². The molecule has 0 spiro atoms. The molecule has 0 saturated heterocycles. The van der Waals surface area contributed by atoms with Crippen molar-refractivity contribution < 1.29 is 32.9 Å². The third kappa shape index (κ3) is 3.55. The first-order chi connectivity index (χ1) is 19.0. The van der Waals surface area contributed by atoms with Crippen molar-refractivity contribution in [1.29, 1.82) is 0 Å². The normalized spacial score (nSPS) is 27.0. The SMILES string of the molecule is CN1C(=O)c2cccc(OC(F)F)c2[C@H]2C[C@@H]1c1nn3cc(F)c(-c4cnc(C5(O)CC(C)(O)C5)nc4)cc3c12. The summed E-state index contributed by atoms with van der Waals surface area (Å²) in [6.45, 7) is -1.45. The lowest BCUT2D eigenvalue weighted by Crippen LogP contribution is -2.53. The van der Waals surface area contributed by atoms with Gasteiger partial charge < -0.3 is 19.8 Å². The molecule has 3 aromatic heterocycles. The molecule has 1 amide bonds. The van der Waals surface area contributed by atoms with Gasteiger partial charge in [0.2, 0.25) is 0 Å². The summed E-state index contributed by atoms with van der Waals surface area (Å²) in [7, 11) is 1.64. The molecule has 0 radical (unpaired) electrons. The van der Waals surface area contributed by atoms with Gasteiger partial charge in [-0.25, -0.2) is 18.9 Å². The van der Waals surface area contributed by atoms with Crippen molar-refractivity contribution in [3.63, 3.8) is 0 Å². The molecule has 7 rings (SSSR count). The largest absolute Gasteiger partial charge is 0.434 e. The van der Waals surface area contributed by atoms with E-state index in [-0.39, 0.29) is 41.4 Å². The number of pyridine rings is 1. The van der Waals surface area contributed by atoms with Gasteiger partial charge in [-0.1, -0.05) is 6.07 Å². The second-order valence-corrected chi connectivity index (χ2v) is 11.2. The van der Waals surface area contributed by atoms with Crippen LogP contribution in [0.1, 0.15) is 71.1 Å². The van der Waals surface area contributed by atoms with E-state index < -0.39 is 35.6 Å². The second kappa shape index (κ2) is 8.24. The van der Waals surface area contributed by atoms with Crippen LogP contribution in [0.5, 0.6) is 5.75 Å². The van der Waals surface area contributed by atoms with Gasteiger partial charge in [0.05, 0.1) is 29.1 Å².